The normalized spacial score (nSPS) is 10.4. The Morgan fingerprint density at radius 1 is 1.24 bits per heavy atom. The van der Waals surface area contributed by atoms with Crippen molar-refractivity contribution in [2.45, 2.75) is 27.2 Å². The first-order chi connectivity index (χ1) is 8.20. The molecule has 2 aromatic rings. The van der Waals surface area contributed by atoms with Crippen LogP contribution in [0, 0.1) is 17.8 Å². The summed E-state index contributed by atoms with van der Waals surface area (Å²) in [6.07, 6.45) is 2.98. The van der Waals surface area contributed by atoms with E-state index in [9.17, 15) is 0 Å². The summed E-state index contributed by atoms with van der Waals surface area (Å²) in [5.74, 6) is 6.70. The molecule has 0 aliphatic heterocycles. The lowest BCUT2D eigenvalue weighted by Gasteiger charge is -2.08. The maximum atomic E-state index is 4.40. The second-order valence-electron chi connectivity index (χ2n) is 4.67. The molecule has 86 valence electrons. The highest BCUT2D eigenvalue weighted by Gasteiger charge is 2.04. The van der Waals surface area contributed by atoms with Gasteiger partial charge in [-0.3, -0.25) is 4.98 Å². The molecule has 0 amide bonds. The molecule has 0 unspecified atom stereocenters. The highest BCUT2D eigenvalue weighted by atomic mass is 14.6. The summed E-state index contributed by atoms with van der Waals surface area (Å²) in [7, 11) is 0. The molecule has 1 aromatic heterocycles. The maximum Gasteiger partial charge on any atom is 0.0705 e. The minimum atomic E-state index is 0.654. The van der Waals surface area contributed by atoms with Gasteiger partial charge in [0.1, 0.15) is 0 Å². The van der Waals surface area contributed by atoms with Crippen molar-refractivity contribution < 1.29 is 0 Å². The van der Waals surface area contributed by atoms with E-state index in [-0.39, 0.29) is 0 Å². The van der Waals surface area contributed by atoms with E-state index in [4.69, 9.17) is 0 Å². The van der Waals surface area contributed by atoms with Gasteiger partial charge < -0.3 is 0 Å². The van der Waals surface area contributed by atoms with Gasteiger partial charge in [0.15, 0.2) is 0 Å². The number of benzene rings is 1. The Kier molecular flexibility index (Phi) is 3.44. The Bertz CT molecular complexity index is 585. The second-order valence-corrected chi connectivity index (χ2v) is 4.67. The first-order valence-electron chi connectivity index (χ1n) is 6.01. The molecule has 2 rings (SSSR count). The summed E-state index contributed by atoms with van der Waals surface area (Å²) in [5, 5.41) is 1.24. The molecule has 0 saturated heterocycles. The molecule has 1 heteroatoms. The van der Waals surface area contributed by atoms with Crippen LogP contribution >= 0.6 is 0 Å². The number of hydrogen-bond acceptors (Lipinski definition) is 1. The van der Waals surface area contributed by atoms with Crippen LogP contribution in [0.1, 0.15) is 31.9 Å². The van der Waals surface area contributed by atoms with E-state index >= 15 is 0 Å². The van der Waals surface area contributed by atoms with Crippen molar-refractivity contribution in [1.29, 1.82) is 0 Å². The number of aromatic nitrogens is 1. The molecule has 0 saturated carbocycles. The van der Waals surface area contributed by atoms with Crippen molar-refractivity contribution >= 4 is 10.9 Å². The fraction of sp³-hybridized carbons (Fsp3) is 0.312. The highest BCUT2D eigenvalue weighted by Crippen LogP contribution is 2.20. The Balaban J connectivity index is 2.58. The number of hydrogen-bond donors (Lipinski definition) is 0. The topological polar surface area (TPSA) is 12.9 Å². The summed E-state index contributed by atoms with van der Waals surface area (Å²) in [4.78, 5) is 4.40. The van der Waals surface area contributed by atoms with Crippen molar-refractivity contribution in [3.05, 3.63) is 41.6 Å². The Labute approximate surface area is 103 Å². The molecule has 0 spiro atoms. The van der Waals surface area contributed by atoms with E-state index in [0.29, 0.717) is 5.92 Å². The summed E-state index contributed by atoms with van der Waals surface area (Å²) in [6.45, 7) is 6.34. The van der Waals surface area contributed by atoms with Crippen molar-refractivity contribution in [1.82, 2.24) is 4.98 Å². The van der Waals surface area contributed by atoms with Crippen LogP contribution in [0.4, 0.5) is 0 Å². The predicted octanol–water partition coefficient (Wildman–Crippen LogP) is 3.80. The van der Waals surface area contributed by atoms with Crippen molar-refractivity contribution in [2.24, 2.45) is 5.92 Å². The van der Waals surface area contributed by atoms with Gasteiger partial charge >= 0.3 is 0 Å². The lowest BCUT2D eigenvalue weighted by molar-refractivity contribution is 0.650. The third-order valence-electron chi connectivity index (χ3n) is 2.73. The van der Waals surface area contributed by atoms with Crippen molar-refractivity contribution in [3.8, 4) is 11.8 Å². The standard InChI is InChI=1S/C16H17N/c1-4-5-13-6-7-16-15(11-13)14(8-9-17-16)10-12(2)3/h6-9,11-12H,10H2,1-3H3. The zero-order chi connectivity index (χ0) is 12.3. The molecule has 1 aromatic carbocycles. The molecule has 0 aliphatic rings. The minimum absolute atomic E-state index is 0.654. The Hall–Kier alpha value is -1.81. The van der Waals surface area contributed by atoms with E-state index in [2.05, 4.69) is 48.9 Å². The summed E-state index contributed by atoms with van der Waals surface area (Å²) in [6, 6.07) is 8.35. The summed E-state index contributed by atoms with van der Waals surface area (Å²) >= 11 is 0. The fourth-order valence-electron chi connectivity index (χ4n) is 2.04. The number of nitrogens with zero attached hydrogens (tertiary/aromatic N) is 1. The molecule has 17 heavy (non-hydrogen) atoms. The smallest absolute Gasteiger partial charge is 0.0705 e. The molecular formula is C16H17N. The van der Waals surface area contributed by atoms with Crippen LogP contribution in [0.3, 0.4) is 0 Å². The first kappa shape index (κ1) is 11.7. The van der Waals surface area contributed by atoms with Gasteiger partial charge in [0, 0.05) is 17.1 Å². The quantitative estimate of drug-likeness (QED) is 0.706. The molecule has 0 N–H and O–H groups in total. The number of rotatable bonds is 2. The second kappa shape index (κ2) is 5.01. The van der Waals surface area contributed by atoms with Gasteiger partial charge in [-0.15, -0.1) is 5.92 Å². The van der Waals surface area contributed by atoms with Crippen LogP contribution in [0.15, 0.2) is 30.5 Å². The van der Waals surface area contributed by atoms with Crippen LogP contribution < -0.4 is 0 Å². The average Bonchev–Trinajstić information content (AvgIpc) is 2.29. The monoisotopic (exact) mass is 223 g/mol. The molecule has 1 heterocycles. The predicted molar refractivity (Wildman–Crippen MR) is 72.8 cm³/mol. The van der Waals surface area contributed by atoms with Gasteiger partial charge in [-0.25, -0.2) is 0 Å². The van der Waals surface area contributed by atoms with Crippen LogP contribution in [0.2, 0.25) is 0 Å². The lowest BCUT2D eigenvalue weighted by Crippen LogP contribution is -1.96. The lowest BCUT2D eigenvalue weighted by atomic mass is 9.98. The van der Waals surface area contributed by atoms with Crippen LogP contribution in [0.25, 0.3) is 10.9 Å². The summed E-state index contributed by atoms with van der Waals surface area (Å²) in [5.41, 5.74) is 3.49. The van der Waals surface area contributed by atoms with E-state index < -0.39 is 0 Å². The molecule has 0 fully saturated rings. The average molecular weight is 223 g/mol. The Morgan fingerprint density at radius 2 is 2.06 bits per heavy atom. The zero-order valence-corrected chi connectivity index (χ0v) is 10.6. The highest BCUT2D eigenvalue weighted by molar-refractivity contribution is 5.83. The SMILES string of the molecule is CC#Cc1ccc2nccc(CC(C)C)c2c1. The van der Waals surface area contributed by atoms with Crippen molar-refractivity contribution in [3.63, 3.8) is 0 Å². The van der Waals surface area contributed by atoms with E-state index in [0.717, 1.165) is 17.5 Å². The van der Waals surface area contributed by atoms with E-state index in [1.165, 1.54) is 10.9 Å². The van der Waals surface area contributed by atoms with Crippen LogP contribution in [-0.4, -0.2) is 4.98 Å². The largest absolute Gasteiger partial charge is 0.256 e. The van der Waals surface area contributed by atoms with Gasteiger partial charge in [-0.1, -0.05) is 19.8 Å². The number of pyridine rings is 1. The van der Waals surface area contributed by atoms with E-state index in [1.54, 1.807) is 0 Å². The molecule has 0 radical (unpaired) electrons. The molecule has 0 bridgehead atoms. The molecule has 1 nitrogen and oxygen atoms in total. The zero-order valence-electron chi connectivity index (χ0n) is 10.6. The third kappa shape index (κ3) is 2.65. The molecule has 0 aliphatic carbocycles. The third-order valence-corrected chi connectivity index (χ3v) is 2.73. The van der Waals surface area contributed by atoms with Gasteiger partial charge in [0.2, 0.25) is 0 Å². The molecule has 0 atom stereocenters. The first-order valence-corrected chi connectivity index (χ1v) is 6.01. The number of fused-ring (bicyclic) bond motifs is 1. The maximum absolute atomic E-state index is 4.40. The fourth-order valence-corrected chi connectivity index (χ4v) is 2.04. The van der Waals surface area contributed by atoms with Gasteiger partial charge in [0.25, 0.3) is 0 Å². The van der Waals surface area contributed by atoms with Crippen LogP contribution in [-0.2, 0) is 6.42 Å². The van der Waals surface area contributed by atoms with Gasteiger partial charge in [-0.2, -0.15) is 0 Å². The van der Waals surface area contributed by atoms with Gasteiger partial charge in [-0.05, 0) is 49.1 Å². The Morgan fingerprint density at radius 3 is 2.76 bits per heavy atom. The van der Waals surface area contributed by atoms with E-state index in [1.807, 2.05) is 19.2 Å². The molecular weight excluding hydrogens is 206 g/mol. The van der Waals surface area contributed by atoms with Crippen molar-refractivity contribution in [2.75, 3.05) is 0 Å². The van der Waals surface area contributed by atoms with Crippen LogP contribution in [0.5, 0.6) is 0 Å². The summed E-state index contributed by atoms with van der Waals surface area (Å²) < 4.78 is 0. The van der Waals surface area contributed by atoms with Gasteiger partial charge in [0.05, 0.1) is 5.52 Å². The minimum Gasteiger partial charge on any atom is -0.256 e.